The summed E-state index contributed by atoms with van der Waals surface area (Å²) in [6.45, 7) is 0.550. The number of nitrogens with two attached hydrogens (primary N) is 1. The van der Waals surface area contributed by atoms with Crippen molar-refractivity contribution < 1.29 is 17.9 Å². The smallest absolute Gasteiger partial charge is 0.404 e. The maximum atomic E-state index is 11.9. The van der Waals surface area contributed by atoms with Crippen LogP contribution in [0.2, 0.25) is 0 Å². The van der Waals surface area contributed by atoms with Crippen molar-refractivity contribution in [3.8, 4) is 0 Å². The molecule has 0 heterocycles. The Morgan fingerprint density at radius 1 is 1.30 bits per heavy atom. The van der Waals surface area contributed by atoms with Crippen molar-refractivity contribution >= 4 is 21.8 Å². The molecule has 0 bridgehead atoms. The first-order valence-corrected chi connectivity index (χ1v) is 7.74. The Morgan fingerprint density at radius 2 is 1.95 bits per heavy atom. The van der Waals surface area contributed by atoms with Crippen LogP contribution in [0.5, 0.6) is 0 Å². The van der Waals surface area contributed by atoms with Crippen LogP contribution in [0, 0.1) is 0 Å². The lowest BCUT2D eigenvalue weighted by atomic mass is 10.3. The van der Waals surface area contributed by atoms with Gasteiger partial charge in [-0.1, -0.05) is 0 Å². The van der Waals surface area contributed by atoms with Gasteiger partial charge in [-0.15, -0.1) is 0 Å². The van der Waals surface area contributed by atoms with E-state index >= 15 is 0 Å². The van der Waals surface area contributed by atoms with E-state index in [1.54, 1.807) is 12.1 Å². The number of hydrogen-bond donors (Lipinski definition) is 3. The summed E-state index contributed by atoms with van der Waals surface area (Å²) in [6.07, 6.45) is 0.983. The number of primary amides is 1. The van der Waals surface area contributed by atoms with Crippen LogP contribution in [-0.4, -0.2) is 33.7 Å². The normalized spacial score (nSPS) is 14.8. The number of carbonyl (C=O) groups is 1. The van der Waals surface area contributed by atoms with E-state index in [1.807, 2.05) is 0 Å². The molecule has 110 valence electrons. The molecule has 0 saturated heterocycles. The molecule has 1 aromatic rings. The number of sulfonamides is 1. The topological polar surface area (TPSA) is 111 Å². The summed E-state index contributed by atoms with van der Waals surface area (Å²) in [4.78, 5) is 10.6. The highest BCUT2D eigenvalue weighted by atomic mass is 32.2. The number of carbonyl (C=O) groups excluding carboxylic acids is 1. The van der Waals surface area contributed by atoms with Crippen molar-refractivity contribution in [1.29, 1.82) is 0 Å². The van der Waals surface area contributed by atoms with Crippen LogP contribution in [-0.2, 0) is 14.8 Å². The Hall–Kier alpha value is -1.80. The average Bonchev–Trinajstić information content (AvgIpc) is 3.18. The molecular weight excluding hydrogens is 282 g/mol. The lowest BCUT2D eigenvalue weighted by Crippen LogP contribution is -2.25. The highest BCUT2D eigenvalue weighted by Gasteiger charge is 2.27. The highest BCUT2D eigenvalue weighted by Crippen LogP contribution is 2.22. The summed E-state index contributed by atoms with van der Waals surface area (Å²) in [5, 5.41) is 2.98. The largest absolute Gasteiger partial charge is 0.448 e. The lowest BCUT2D eigenvalue weighted by Gasteiger charge is -2.08. The van der Waals surface area contributed by atoms with Gasteiger partial charge in [-0.3, -0.25) is 0 Å². The molecule has 2 rings (SSSR count). The Kier molecular flexibility index (Phi) is 4.46. The van der Waals surface area contributed by atoms with Crippen molar-refractivity contribution in [1.82, 2.24) is 4.72 Å². The molecular formula is C12H17N3O4S. The standard InChI is InChI=1S/C12H17N3O4S/c13-12(16)19-8-7-14-9-3-5-11(6-4-9)20(17,18)15-10-1-2-10/h3-6,10,14-15H,1-2,7-8H2,(H2,13,16). The van der Waals surface area contributed by atoms with E-state index in [1.165, 1.54) is 12.1 Å². The van der Waals surface area contributed by atoms with Gasteiger partial charge in [0.1, 0.15) is 6.61 Å². The lowest BCUT2D eigenvalue weighted by molar-refractivity contribution is 0.161. The fourth-order valence-electron chi connectivity index (χ4n) is 1.59. The first kappa shape index (κ1) is 14.6. The van der Waals surface area contributed by atoms with E-state index in [4.69, 9.17) is 5.73 Å². The van der Waals surface area contributed by atoms with E-state index in [0.29, 0.717) is 6.54 Å². The molecule has 20 heavy (non-hydrogen) atoms. The van der Waals surface area contributed by atoms with Crippen molar-refractivity contribution in [2.45, 2.75) is 23.8 Å². The zero-order valence-corrected chi connectivity index (χ0v) is 11.7. The summed E-state index contributed by atoms with van der Waals surface area (Å²) in [6, 6.07) is 6.46. The Balaban J connectivity index is 1.87. The van der Waals surface area contributed by atoms with Crippen LogP contribution < -0.4 is 15.8 Å². The summed E-state index contributed by atoms with van der Waals surface area (Å²) in [7, 11) is -3.41. The van der Waals surface area contributed by atoms with Crippen molar-refractivity contribution in [2.24, 2.45) is 5.73 Å². The fourth-order valence-corrected chi connectivity index (χ4v) is 2.89. The number of ether oxygens (including phenoxy) is 1. The summed E-state index contributed by atoms with van der Waals surface area (Å²) >= 11 is 0. The molecule has 1 aliphatic rings. The molecule has 0 aliphatic heterocycles. The van der Waals surface area contributed by atoms with E-state index in [-0.39, 0.29) is 17.5 Å². The molecule has 7 nitrogen and oxygen atoms in total. The molecule has 0 atom stereocenters. The molecule has 8 heteroatoms. The van der Waals surface area contributed by atoms with Crippen molar-refractivity contribution in [3.63, 3.8) is 0 Å². The van der Waals surface area contributed by atoms with Gasteiger partial charge in [0.2, 0.25) is 10.0 Å². The minimum Gasteiger partial charge on any atom is -0.448 e. The third-order valence-electron chi connectivity index (χ3n) is 2.74. The highest BCUT2D eigenvalue weighted by molar-refractivity contribution is 7.89. The zero-order valence-electron chi connectivity index (χ0n) is 10.8. The van der Waals surface area contributed by atoms with Gasteiger partial charge in [-0.2, -0.15) is 0 Å². The minimum atomic E-state index is -3.41. The molecule has 0 spiro atoms. The second-order valence-corrected chi connectivity index (χ2v) is 6.23. The number of hydrogen-bond acceptors (Lipinski definition) is 5. The summed E-state index contributed by atoms with van der Waals surface area (Å²) in [5.74, 6) is 0. The number of anilines is 1. The maximum Gasteiger partial charge on any atom is 0.404 e. The van der Waals surface area contributed by atoms with E-state index in [9.17, 15) is 13.2 Å². The monoisotopic (exact) mass is 299 g/mol. The van der Waals surface area contributed by atoms with Crippen LogP contribution in [0.15, 0.2) is 29.2 Å². The Morgan fingerprint density at radius 3 is 2.50 bits per heavy atom. The van der Waals surface area contributed by atoms with Crippen LogP contribution in [0.1, 0.15) is 12.8 Å². The molecule has 1 saturated carbocycles. The first-order chi connectivity index (χ1) is 9.47. The van der Waals surface area contributed by atoms with Gasteiger partial charge in [0, 0.05) is 18.3 Å². The second-order valence-electron chi connectivity index (χ2n) is 4.51. The molecule has 1 aliphatic carbocycles. The molecule has 4 N–H and O–H groups in total. The van der Waals surface area contributed by atoms with Gasteiger partial charge in [-0.25, -0.2) is 17.9 Å². The molecule has 0 radical (unpaired) electrons. The van der Waals surface area contributed by atoms with Crippen LogP contribution in [0.4, 0.5) is 10.5 Å². The predicted molar refractivity (Wildman–Crippen MR) is 73.8 cm³/mol. The van der Waals surface area contributed by atoms with Gasteiger partial charge < -0.3 is 15.8 Å². The van der Waals surface area contributed by atoms with Crippen LogP contribution in [0.3, 0.4) is 0 Å². The molecule has 1 fully saturated rings. The van der Waals surface area contributed by atoms with Crippen molar-refractivity contribution in [2.75, 3.05) is 18.5 Å². The quantitative estimate of drug-likeness (QED) is 0.640. The number of rotatable bonds is 7. The molecule has 1 aromatic carbocycles. The van der Waals surface area contributed by atoms with E-state index < -0.39 is 16.1 Å². The Bertz CT molecular complexity index is 567. The Labute approximate surface area is 117 Å². The third-order valence-corrected chi connectivity index (χ3v) is 4.28. The molecule has 0 unspecified atom stereocenters. The summed E-state index contributed by atoms with van der Waals surface area (Å²) in [5.41, 5.74) is 5.56. The first-order valence-electron chi connectivity index (χ1n) is 6.26. The molecule has 0 aromatic heterocycles. The van der Waals surface area contributed by atoms with E-state index in [2.05, 4.69) is 14.8 Å². The van der Waals surface area contributed by atoms with Crippen LogP contribution in [0.25, 0.3) is 0 Å². The van der Waals surface area contributed by atoms with Gasteiger partial charge in [0.05, 0.1) is 4.90 Å². The second kappa shape index (κ2) is 6.10. The van der Waals surface area contributed by atoms with Crippen molar-refractivity contribution in [3.05, 3.63) is 24.3 Å². The summed E-state index contributed by atoms with van der Waals surface area (Å²) < 4.78 is 31.0. The fraction of sp³-hybridized carbons (Fsp3) is 0.417. The zero-order chi connectivity index (χ0) is 14.6. The maximum absolute atomic E-state index is 11.9. The third kappa shape index (κ3) is 4.39. The average molecular weight is 299 g/mol. The van der Waals surface area contributed by atoms with E-state index in [0.717, 1.165) is 18.5 Å². The minimum absolute atomic E-state index is 0.0868. The predicted octanol–water partition coefficient (Wildman–Crippen LogP) is 0.634. The van der Waals surface area contributed by atoms with Gasteiger partial charge in [0.15, 0.2) is 0 Å². The van der Waals surface area contributed by atoms with Crippen LogP contribution >= 0.6 is 0 Å². The van der Waals surface area contributed by atoms with Gasteiger partial charge >= 0.3 is 6.09 Å². The van der Waals surface area contributed by atoms with Gasteiger partial charge in [0.25, 0.3) is 0 Å². The number of amides is 1. The number of nitrogens with one attached hydrogen (secondary N) is 2. The molecule has 1 amide bonds. The van der Waals surface area contributed by atoms with Gasteiger partial charge in [-0.05, 0) is 37.1 Å². The SMILES string of the molecule is NC(=O)OCCNc1ccc(S(=O)(=O)NC2CC2)cc1. The number of benzene rings is 1.